The number of aliphatic hydroxyl groups is 1. The topological polar surface area (TPSA) is 98.2 Å². The lowest BCUT2D eigenvalue weighted by atomic mass is 10.1. The van der Waals surface area contributed by atoms with E-state index in [4.69, 9.17) is 5.11 Å². The van der Waals surface area contributed by atoms with Crippen LogP contribution in [0.2, 0.25) is 0 Å². The molecule has 0 saturated carbocycles. The maximum atomic E-state index is 12.2. The number of likely N-dealkylation sites (tertiary alicyclic amines) is 2. The van der Waals surface area contributed by atoms with Crippen LogP contribution in [0.3, 0.4) is 0 Å². The Kier molecular flexibility index (Phi) is 3.25. The van der Waals surface area contributed by atoms with Crippen molar-refractivity contribution in [1.29, 1.82) is 0 Å². The SMILES string of the molecule is CN1CC(C(=O)N2C[C@@H](O)C[C@H]2C(=O)O)CC1=O. The van der Waals surface area contributed by atoms with Gasteiger partial charge < -0.3 is 20.0 Å². The second-order valence-electron chi connectivity index (χ2n) is 4.91. The van der Waals surface area contributed by atoms with E-state index in [-0.39, 0.29) is 31.2 Å². The van der Waals surface area contributed by atoms with E-state index >= 15 is 0 Å². The van der Waals surface area contributed by atoms with Crippen LogP contribution in [-0.4, -0.2) is 70.1 Å². The molecule has 100 valence electrons. The minimum absolute atomic E-state index is 0.0319. The molecule has 1 unspecified atom stereocenters. The quantitative estimate of drug-likeness (QED) is 0.627. The van der Waals surface area contributed by atoms with Crippen molar-refractivity contribution in [2.75, 3.05) is 20.1 Å². The van der Waals surface area contributed by atoms with Crippen molar-refractivity contribution >= 4 is 17.8 Å². The normalized spacial score (nSPS) is 32.1. The molecule has 2 rings (SSSR count). The van der Waals surface area contributed by atoms with Gasteiger partial charge in [-0.3, -0.25) is 9.59 Å². The van der Waals surface area contributed by atoms with Gasteiger partial charge in [0.1, 0.15) is 6.04 Å². The van der Waals surface area contributed by atoms with E-state index in [1.54, 1.807) is 7.05 Å². The Labute approximate surface area is 104 Å². The van der Waals surface area contributed by atoms with Crippen LogP contribution in [0.1, 0.15) is 12.8 Å². The number of hydrogen-bond acceptors (Lipinski definition) is 4. The zero-order chi connectivity index (χ0) is 13.4. The fourth-order valence-corrected chi connectivity index (χ4v) is 2.55. The van der Waals surface area contributed by atoms with Gasteiger partial charge in [0.2, 0.25) is 11.8 Å². The maximum absolute atomic E-state index is 12.2. The van der Waals surface area contributed by atoms with Gasteiger partial charge in [-0.2, -0.15) is 0 Å². The maximum Gasteiger partial charge on any atom is 0.326 e. The molecule has 0 radical (unpaired) electrons. The van der Waals surface area contributed by atoms with E-state index in [2.05, 4.69) is 0 Å². The first-order chi connectivity index (χ1) is 8.40. The van der Waals surface area contributed by atoms with Crippen molar-refractivity contribution in [2.45, 2.75) is 25.0 Å². The number of nitrogens with zero attached hydrogens (tertiary/aromatic N) is 2. The minimum Gasteiger partial charge on any atom is -0.480 e. The van der Waals surface area contributed by atoms with E-state index in [9.17, 15) is 19.5 Å². The monoisotopic (exact) mass is 256 g/mol. The van der Waals surface area contributed by atoms with Crippen molar-refractivity contribution in [2.24, 2.45) is 5.92 Å². The highest BCUT2D eigenvalue weighted by molar-refractivity contribution is 5.91. The van der Waals surface area contributed by atoms with Crippen molar-refractivity contribution in [1.82, 2.24) is 9.80 Å². The molecular formula is C11H16N2O5. The average Bonchev–Trinajstić information content (AvgIpc) is 2.82. The molecule has 0 bridgehead atoms. The first-order valence-electron chi connectivity index (χ1n) is 5.85. The lowest BCUT2D eigenvalue weighted by Crippen LogP contribution is -2.44. The van der Waals surface area contributed by atoms with Crippen LogP contribution in [0.15, 0.2) is 0 Å². The van der Waals surface area contributed by atoms with Crippen molar-refractivity contribution in [3.05, 3.63) is 0 Å². The predicted molar refractivity (Wildman–Crippen MR) is 59.5 cm³/mol. The van der Waals surface area contributed by atoms with Gasteiger partial charge in [0.25, 0.3) is 0 Å². The van der Waals surface area contributed by atoms with E-state index in [0.29, 0.717) is 6.54 Å². The van der Waals surface area contributed by atoms with E-state index in [1.807, 2.05) is 0 Å². The lowest BCUT2D eigenvalue weighted by Gasteiger charge is -2.24. The van der Waals surface area contributed by atoms with Gasteiger partial charge >= 0.3 is 5.97 Å². The number of hydrogen-bond donors (Lipinski definition) is 2. The molecule has 0 aromatic carbocycles. The summed E-state index contributed by atoms with van der Waals surface area (Å²) < 4.78 is 0. The Morgan fingerprint density at radius 2 is 2.00 bits per heavy atom. The Hall–Kier alpha value is -1.63. The molecule has 2 aliphatic heterocycles. The zero-order valence-electron chi connectivity index (χ0n) is 10.1. The van der Waals surface area contributed by atoms with Crippen LogP contribution in [0.5, 0.6) is 0 Å². The molecule has 2 heterocycles. The number of aliphatic hydroxyl groups excluding tert-OH is 1. The summed E-state index contributed by atoms with van der Waals surface area (Å²) in [5.74, 6) is -2.07. The number of carbonyl (C=O) groups excluding carboxylic acids is 2. The van der Waals surface area contributed by atoms with Gasteiger partial charge in [-0.05, 0) is 0 Å². The van der Waals surface area contributed by atoms with Crippen LogP contribution in [0.4, 0.5) is 0 Å². The van der Waals surface area contributed by atoms with Crippen LogP contribution >= 0.6 is 0 Å². The highest BCUT2D eigenvalue weighted by Gasteiger charge is 2.43. The summed E-state index contributed by atoms with van der Waals surface area (Å²) >= 11 is 0. The second kappa shape index (κ2) is 4.56. The molecular weight excluding hydrogens is 240 g/mol. The van der Waals surface area contributed by atoms with Crippen LogP contribution < -0.4 is 0 Å². The zero-order valence-corrected chi connectivity index (χ0v) is 10.1. The molecule has 2 amide bonds. The van der Waals surface area contributed by atoms with E-state index in [1.165, 1.54) is 9.80 Å². The summed E-state index contributed by atoms with van der Waals surface area (Å²) in [6, 6.07) is -0.978. The highest BCUT2D eigenvalue weighted by atomic mass is 16.4. The third kappa shape index (κ3) is 2.17. The molecule has 2 fully saturated rings. The van der Waals surface area contributed by atoms with Crippen LogP contribution in [-0.2, 0) is 14.4 Å². The first-order valence-corrected chi connectivity index (χ1v) is 5.85. The minimum atomic E-state index is -1.11. The number of carboxylic acid groups (broad SMARTS) is 1. The van der Waals surface area contributed by atoms with Crippen molar-refractivity contribution in [3.8, 4) is 0 Å². The summed E-state index contributed by atoms with van der Waals surface area (Å²) in [5, 5.41) is 18.5. The molecule has 0 aromatic heterocycles. The Morgan fingerprint density at radius 3 is 2.50 bits per heavy atom. The molecule has 0 spiro atoms. The first kappa shape index (κ1) is 12.8. The third-order valence-electron chi connectivity index (χ3n) is 3.54. The highest BCUT2D eigenvalue weighted by Crippen LogP contribution is 2.25. The van der Waals surface area contributed by atoms with Gasteiger partial charge in [0, 0.05) is 33.0 Å². The Balaban J connectivity index is 2.09. The van der Waals surface area contributed by atoms with E-state index in [0.717, 1.165) is 0 Å². The van der Waals surface area contributed by atoms with Gasteiger partial charge in [0.05, 0.1) is 12.0 Å². The molecule has 2 saturated heterocycles. The summed E-state index contributed by atoms with van der Waals surface area (Å²) in [4.78, 5) is 37.2. The Morgan fingerprint density at radius 1 is 1.33 bits per heavy atom. The Bertz CT molecular complexity index is 397. The molecule has 2 N–H and O–H groups in total. The fraction of sp³-hybridized carbons (Fsp3) is 0.727. The average molecular weight is 256 g/mol. The molecule has 2 aliphatic rings. The largest absolute Gasteiger partial charge is 0.480 e. The summed E-state index contributed by atoms with van der Waals surface area (Å²) in [6.07, 6.45) is -0.629. The predicted octanol–water partition coefficient (Wildman–Crippen LogP) is -1.49. The lowest BCUT2D eigenvalue weighted by molar-refractivity contribution is -0.149. The summed E-state index contributed by atoms with van der Waals surface area (Å²) in [7, 11) is 1.61. The molecule has 18 heavy (non-hydrogen) atoms. The number of rotatable bonds is 2. The van der Waals surface area contributed by atoms with Gasteiger partial charge in [0.15, 0.2) is 0 Å². The van der Waals surface area contributed by atoms with Crippen molar-refractivity contribution < 1.29 is 24.6 Å². The second-order valence-corrected chi connectivity index (χ2v) is 4.91. The molecule has 7 heteroatoms. The van der Waals surface area contributed by atoms with Crippen LogP contribution in [0.25, 0.3) is 0 Å². The van der Waals surface area contributed by atoms with Gasteiger partial charge in [-0.25, -0.2) is 4.79 Å². The van der Waals surface area contributed by atoms with Crippen LogP contribution in [0, 0.1) is 5.92 Å². The molecule has 0 aliphatic carbocycles. The van der Waals surface area contributed by atoms with E-state index < -0.39 is 24.0 Å². The number of β-amino-alcohol motifs (C(OH)–C–C–N with tert-alkyl or cyclic N) is 1. The fourth-order valence-electron chi connectivity index (χ4n) is 2.55. The summed E-state index contributed by atoms with van der Waals surface area (Å²) in [6.45, 7) is 0.348. The number of carboxylic acids is 1. The number of carbonyl (C=O) groups is 3. The third-order valence-corrected chi connectivity index (χ3v) is 3.54. The number of amides is 2. The number of aliphatic carboxylic acids is 1. The summed E-state index contributed by atoms with van der Waals surface area (Å²) in [5.41, 5.74) is 0. The molecule has 7 nitrogen and oxygen atoms in total. The van der Waals surface area contributed by atoms with Gasteiger partial charge in [-0.1, -0.05) is 0 Å². The molecule has 3 atom stereocenters. The van der Waals surface area contributed by atoms with Crippen molar-refractivity contribution in [3.63, 3.8) is 0 Å². The van der Waals surface area contributed by atoms with Gasteiger partial charge in [-0.15, -0.1) is 0 Å². The standard InChI is InChI=1S/C11H16N2O5/c1-12-4-6(2-9(12)15)10(16)13-5-7(14)3-8(13)11(17)18/h6-8,14H,2-5H2,1H3,(H,17,18)/t6?,7-,8-/m0/s1. The smallest absolute Gasteiger partial charge is 0.326 e. The molecule has 0 aromatic rings.